The van der Waals surface area contributed by atoms with Gasteiger partial charge in [0.2, 0.25) is 0 Å². The third kappa shape index (κ3) is 18.7. The number of benzene rings is 2. The van der Waals surface area contributed by atoms with Crippen molar-refractivity contribution in [3.05, 3.63) is 120 Å². The Balaban J connectivity index is 0.000000389. The SMILES string of the molecule is CCCCC1=[C-]CC=C1.CCCCC1=[C-]CC=C1.[Zr+4].[c-]1ccccc1.[c-]1ccccc1. The largest absolute Gasteiger partial charge is 4.00 e. The quantitative estimate of drug-likeness (QED) is 0.357. The van der Waals surface area contributed by atoms with Crippen LogP contribution in [-0.4, -0.2) is 0 Å². The van der Waals surface area contributed by atoms with Gasteiger partial charge in [-0.1, -0.05) is 52.4 Å². The van der Waals surface area contributed by atoms with Crippen LogP contribution in [0, 0.1) is 24.3 Å². The molecular formula is C30H36Zr. The van der Waals surface area contributed by atoms with Gasteiger partial charge in [0.1, 0.15) is 0 Å². The van der Waals surface area contributed by atoms with Gasteiger partial charge in [0.05, 0.1) is 0 Å². The van der Waals surface area contributed by atoms with Crippen molar-refractivity contribution < 1.29 is 26.2 Å². The summed E-state index contributed by atoms with van der Waals surface area (Å²) in [5.41, 5.74) is 2.83. The zero-order chi connectivity index (χ0) is 21.5. The Morgan fingerprint density at radius 3 is 1.19 bits per heavy atom. The van der Waals surface area contributed by atoms with Crippen molar-refractivity contribution in [3.63, 3.8) is 0 Å². The van der Waals surface area contributed by atoms with Crippen LogP contribution in [0.5, 0.6) is 0 Å². The Bertz CT molecular complexity index is 605. The molecule has 0 nitrogen and oxygen atoms in total. The first-order valence-corrected chi connectivity index (χ1v) is 11.2. The molecule has 1 heteroatoms. The maximum Gasteiger partial charge on any atom is 4.00 e. The Labute approximate surface area is 211 Å². The van der Waals surface area contributed by atoms with Gasteiger partial charge in [0.15, 0.2) is 0 Å². The van der Waals surface area contributed by atoms with E-state index < -0.39 is 0 Å². The minimum absolute atomic E-state index is 0. The summed E-state index contributed by atoms with van der Waals surface area (Å²) < 4.78 is 0. The number of allylic oxidation sites excluding steroid dienone is 8. The zero-order valence-corrected chi connectivity index (χ0v) is 21.7. The minimum Gasteiger partial charge on any atom is -0.269 e. The van der Waals surface area contributed by atoms with Crippen molar-refractivity contribution in [3.8, 4) is 0 Å². The second kappa shape index (κ2) is 23.0. The Kier molecular flexibility index (Phi) is 21.7. The van der Waals surface area contributed by atoms with Crippen LogP contribution in [-0.2, 0) is 26.2 Å². The number of hydrogen-bond donors (Lipinski definition) is 0. The molecule has 0 bridgehead atoms. The molecule has 0 N–H and O–H groups in total. The fraction of sp³-hybridized carbons (Fsp3) is 0.333. The van der Waals surface area contributed by atoms with Crippen molar-refractivity contribution in [1.29, 1.82) is 0 Å². The second-order valence-corrected chi connectivity index (χ2v) is 6.98. The van der Waals surface area contributed by atoms with Crippen LogP contribution in [0.15, 0.2) is 96.1 Å². The van der Waals surface area contributed by atoms with E-state index in [-0.39, 0.29) is 26.2 Å². The average molecular weight is 488 g/mol. The topological polar surface area (TPSA) is 0 Å². The first kappa shape index (κ1) is 29.3. The second-order valence-electron chi connectivity index (χ2n) is 6.98. The first-order valence-electron chi connectivity index (χ1n) is 11.2. The van der Waals surface area contributed by atoms with Gasteiger partial charge in [-0.15, -0.1) is 12.8 Å². The summed E-state index contributed by atoms with van der Waals surface area (Å²) in [4.78, 5) is 0. The summed E-state index contributed by atoms with van der Waals surface area (Å²) >= 11 is 0. The van der Waals surface area contributed by atoms with Gasteiger partial charge in [-0.05, 0) is 0 Å². The van der Waals surface area contributed by atoms with Crippen LogP contribution in [0.3, 0.4) is 0 Å². The molecule has 0 amide bonds. The summed E-state index contributed by atoms with van der Waals surface area (Å²) in [5, 5.41) is 0. The van der Waals surface area contributed by atoms with E-state index in [9.17, 15) is 0 Å². The van der Waals surface area contributed by atoms with Crippen molar-refractivity contribution in [1.82, 2.24) is 0 Å². The van der Waals surface area contributed by atoms with E-state index in [1.165, 1.54) is 49.7 Å². The summed E-state index contributed by atoms with van der Waals surface area (Å²) in [7, 11) is 0. The van der Waals surface area contributed by atoms with Crippen LogP contribution in [0.25, 0.3) is 0 Å². The van der Waals surface area contributed by atoms with Crippen LogP contribution >= 0.6 is 0 Å². The van der Waals surface area contributed by atoms with Crippen molar-refractivity contribution >= 4 is 0 Å². The van der Waals surface area contributed by atoms with E-state index in [1.807, 2.05) is 60.7 Å². The zero-order valence-electron chi connectivity index (χ0n) is 19.2. The van der Waals surface area contributed by atoms with Gasteiger partial charge in [-0.2, -0.15) is 84.9 Å². The van der Waals surface area contributed by atoms with Gasteiger partial charge in [-0.25, -0.2) is 23.3 Å². The van der Waals surface area contributed by atoms with Gasteiger partial charge in [-0.3, -0.25) is 12.2 Å². The number of rotatable bonds is 6. The van der Waals surface area contributed by atoms with Crippen molar-refractivity contribution in [2.75, 3.05) is 0 Å². The van der Waals surface area contributed by atoms with Crippen LogP contribution in [0.4, 0.5) is 0 Å². The molecule has 160 valence electrons. The molecule has 4 rings (SSSR count). The molecule has 31 heavy (non-hydrogen) atoms. The minimum atomic E-state index is 0. The first-order chi connectivity index (χ1) is 14.9. The maximum absolute atomic E-state index is 3.30. The molecule has 0 heterocycles. The van der Waals surface area contributed by atoms with Crippen LogP contribution < -0.4 is 0 Å². The van der Waals surface area contributed by atoms with Crippen molar-refractivity contribution in [2.45, 2.75) is 65.2 Å². The van der Waals surface area contributed by atoms with E-state index in [2.05, 4.69) is 62.4 Å². The molecule has 2 aliphatic carbocycles. The summed E-state index contributed by atoms with van der Waals surface area (Å²) in [5.74, 6) is 0. The molecule has 0 aliphatic heterocycles. The van der Waals surface area contributed by atoms with Crippen molar-refractivity contribution in [2.24, 2.45) is 0 Å². The molecule has 2 aliphatic rings. The Morgan fingerprint density at radius 1 is 0.613 bits per heavy atom. The number of hydrogen-bond acceptors (Lipinski definition) is 0. The smallest absolute Gasteiger partial charge is 0.269 e. The monoisotopic (exact) mass is 486 g/mol. The van der Waals surface area contributed by atoms with E-state index >= 15 is 0 Å². The summed E-state index contributed by atoms with van der Waals surface area (Å²) in [6.07, 6.45) is 25.1. The average Bonchev–Trinajstić information content (AvgIpc) is 3.54. The predicted octanol–water partition coefficient (Wildman–Crippen LogP) is 8.70. The summed E-state index contributed by atoms with van der Waals surface area (Å²) in [6.45, 7) is 4.44. The fourth-order valence-corrected chi connectivity index (χ4v) is 2.66. The molecular weight excluding hydrogens is 452 g/mol. The standard InChI is InChI=1S/2C9H13.2C6H5.Zr/c2*1-2-3-6-9-7-4-5-8-9;2*1-2-4-6-5-3-1;/h2*4,7H,2-3,5-6H2,1H3;2*1-5H;/q4*-1;+4. The maximum atomic E-state index is 3.30. The molecule has 0 aromatic heterocycles. The van der Waals surface area contributed by atoms with Gasteiger partial charge < -0.3 is 0 Å². The third-order valence-corrected chi connectivity index (χ3v) is 4.35. The fourth-order valence-electron chi connectivity index (χ4n) is 2.66. The summed E-state index contributed by atoms with van der Waals surface area (Å²) in [6, 6.07) is 25.0. The van der Waals surface area contributed by atoms with Crippen LogP contribution in [0.2, 0.25) is 0 Å². The molecule has 2 aromatic carbocycles. The number of unbranched alkanes of at least 4 members (excludes halogenated alkanes) is 2. The molecule has 2 aromatic rings. The molecule has 0 spiro atoms. The molecule has 0 saturated heterocycles. The van der Waals surface area contributed by atoms with E-state index in [4.69, 9.17) is 0 Å². The van der Waals surface area contributed by atoms with E-state index in [0.29, 0.717) is 0 Å². The van der Waals surface area contributed by atoms with E-state index in [1.54, 1.807) is 0 Å². The molecule has 0 atom stereocenters. The Hall–Kier alpha value is -1.72. The van der Waals surface area contributed by atoms with Gasteiger partial charge in [0.25, 0.3) is 0 Å². The Morgan fingerprint density at radius 2 is 1.00 bits per heavy atom. The third-order valence-electron chi connectivity index (χ3n) is 4.35. The van der Waals surface area contributed by atoms with Crippen LogP contribution in [0.1, 0.15) is 65.2 Å². The van der Waals surface area contributed by atoms with Gasteiger partial charge in [0, 0.05) is 0 Å². The van der Waals surface area contributed by atoms with E-state index in [0.717, 1.165) is 12.8 Å². The molecule has 0 fully saturated rings. The molecule has 0 saturated carbocycles. The van der Waals surface area contributed by atoms with Gasteiger partial charge >= 0.3 is 26.2 Å². The molecule has 0 radical (unpaired) electrons. The predicted molar refractivity (Wildman–Crippen MR) is 131 cm³/mol. The molecule has 0 unspecified atom stereocenters. The normalized spacial score (nSPS) is 12.6.